The first-order chi connectivity index (χ1) is 12.6. The molecule has 2 aromatic rings. The number of hydrogen-bond donors (Lipinski definition) is 1. The summed E-state index contributed by atoms with van der Waals surface area (Å²) in [6.07, 6.45) is 2.03. The van der Waals surface area contributed by atoms with Gasteiger partial charge in [-0.1, -0.05) is 23.7 Å². The minimum Gasteiger partial charge on any atom is -0.472 e. The third-order valence-corrected chi connectivity index (χ3v) is 4.50. The van der Waals surface area contributed by atoms with Gasteiger partial charge in [0.25, 0.3) is 11.8 Å². The van der Waals surface area contributed by atoms with Gasteiger partial charge < -0.3 is 15.0 Å². The van der Waals surface area contributed by atoms with Gasteiger partial charge in [-0.2, -0.15) is 0 Å². The highest BCUT2D eigenvalue weighted by Crippen LogP contribution is 2.23. The fourth-order valence-corrected chi connectivity index (χ4v) is 3.10. The van der Waals surface area contributed by atoms with Crippen LogP contribution in [0.15, 0.2) is 42.6 Å². The average Bonchev–Trinajstić information content (AvgIpc) is 3.11. The molecular formula is C19H20ClN3O3. The van der Waals surface area contributed by atoms with E-state index in [0.717, 1.165) is 0 Å². The Balaban J connectivity index is 1.68. The lowest BCUT2D eigenvalue weighted by Gasteiger charge is -2.18. The van der Waals surface area contributed by atoms with Gasteiger partial charge in [0.2, 0.25) is 5.88 Å². The maximum Gasteiger partial charge on any atom is 0.256 e. The number of carbonyl (C=O) groups excluding carboxylic acids is 2. The number of nitrogens with zero attached hydrogens (tertiary/aromatic N) is 2. The number of carbonyl (C=O) groups is 2. The van der Waals surface area contributed by atoms with Crippen molar-refractivity contribution in [2.45, 2.75) is 19.4 Å². The second-order valence-electron chi connectivity index (χ2n) is 5.98. The lowest BCUT2D eigenvalue weighted by molar-refractivity contribution is 0.0769. The first kappa shape index (κ1) is 18.2. The highest BCUT2D eigenvalue weighted by atomic mass is 35.5. The Labute approximate surface area is 157 Å². The topological polar surface area (TPSA) is 71.5 Å². The molecule has 0 spiro atoms. The third kappa shape index (κ3) is 3.96. The Hall–Kier alpha value is -2.60. The Morgan fingerprint density at radius 3 is 2.81 bits per heavy atom. The van der Waals surface area contributed by atoms with E-state index in [2.05, 4.69) is 10.3 Å². The summed E-state index contributed by atoms with van der Waals surface area (Å²) in [7, 11) is 0. The van der Waals surface area contributed by atoms with Crippen LogP contribution in [-0.2, 0) is 0 Å². The Kier molecular flexibility index (Phi) is 5.73. The van der Waals surface area contributed by atoms with Crippen molar-refractivity contribution >= 4 is 23.4 Å². The van der Waals surface area contributed by atoms with Crippen LogP contribution in [0.25, 0.3) is 0 Å². The molecule has 7 heteroatoms. The van der Waals surface area contributed by atoms with Crippen LogP contribution in [0.1, 0.15) is 34.1 Å². The van der Waals surface area contributed by atoms with Gasteiger partial charge in [-0.15, -0.1) is 0 Å². The summed E-state index contributed by atoms with van der Waals surface area (Å²) < 4.78 is 5.92. The van der Waals surface area contributed by atoms with Crippen molar-refractivity contribution in [3.8, 4) is 5.88 Å². The standard InChI is InChI=1S/C19H20ClN3O3/c1-2-21-17(24)15-7-5-10-22-18(15)26-13-9-11-23(12-13)19(25)14-6-3-4-8-16(14)20/h3-8,10,13H,2,9,11-12H2,1H3,(H,21,24). The molecule has 1 aromatic carbocycles. The van der Waals surface area contributed by atoms with Gasteiger partial charge in [0.15, 0.2) is 0 Å². The van der Waals surface area contributed by atoms with E-state index in [1.54, 1.807) is 47.5 Å². The largest absolute Gasteiger partial charge is 0.472 e. The molecule has 1 atom stereocenters. The molecule has 1 aliphatic rings. The average molecular weight is 374 g/mol. The molecule has 0 aliphatic carbocycles. The van der Waals surface area contributed by atoms with Crippen LogP contribution in [0, 0.1) is 0 Å². The van der Waals surface area contributed by atoms with Gasteiger partial charge in [0.05, 0.1) is 17.1 Å². The van der Waals surface area contributed by atoms with E-state index < -0.39 is 0 Å². The van der Waals surface area contributed by atoms with Crippen LogP contribution in [0.5, 0.6) is 5.88 Å². The zero-order chi connectivity index (χ0) is 18.5. The van der Waals surface area contributed by atoms with E-state index >= 15 is 0 Å². The number of rotatable bonds is 5. The summed E-state index contributed by atoms with van der Waals surface area (Å²) in [5.74, 6) is -0.0558. The van der Waals surface area contributed by atoms with Gasteiger partial charge in [-0.3, -0.25) is 9.59 Å². The van der Waals surface area contributed by atoms with Crippen molar-refractivity contribution in [1.29, 1.82) is 0 Å². The number of nitrogens with one attached hydrogen (secondary N) is 1. The van der Waals surface area contributed by atoms with Crippen molar-refractivity contribution < 1.29 is 14.3 Å². The number of likely N-dealkylation sites (tertiary alicyclic amines) is 1. The smallest absolute Gasteiger partial charge is 0.256 e. The minimum atomic E-state index is -0.224. The first-order valence-corrected chi connectivity index (χ1v) is 8.91. The van der Waals surface area contributed by atoms with Gasteiger partial charge in [-0.25, -0.2) is 4.98 Å². The molecular weight excluding hydrogens is 354 g/mol. The van der Waals surface area contributed by atoms with E-state index in [-0.39, 0.29) is 23.8 Å². The van der Waals surface area contributed by atoms with Crippen LogP contribution in [0.4, 0.5) is 0 Å². The van der Waals surface area contributed by atoms with Crippen molar-refractivity contribution in [2.75, 3.05) is 19.6 Å². The molecule has 1 aliphatic heterocycles. The van der Waals surface area contributed by atoms with Gasteiger partial charge in [-0.05, 0) is 31.2 Å². The number of benzene rings is 1. The van der Waals surface area contributed by atoms with Crippen molar-refractivity contribution in [3.63, 3.8) is 0 Å². The Morgan fingerprint density at radius 2 is 2.04 bits per heavy atom. The fraction of sp³-hybridized carbons (Fsp3) is 0.316. The molecule has 0 radical (unpaired) electrons. The molecule has 6 nitrogen and oxygen atoms in total. The number of halogens is 1. The summed E-state index contributed by atoms with van der Waals surface area (Å²) in [5, 5.41) is 3.18. The molecule has 1 fully saturated rings. The number of pyridine rings is 1. The van der Waals surface area contributed by atoms with Crippen LogP contribution >= 0.6 is 11.6 Å². The minimum absolute atomic E-state index is 0.119. The molecule has 1 aromatic heterocycles. The molecule has 0 saturated carbocycles. The van der Waals surface area contributed by atoms with Crippen LogP contribution in [-0.4, -0.2) is 47.4 Å². The van der Waals surface area contributed by atoms with E-state index in [1.165, 1.54) is 0 Å². The van der Waals surface area contributed by atoms with E-state index in [4.69, 9.17) is 16.3 Å². The molecule has 2 amide bonds. The maximum absolute atomic E-state index is 12.6. The zero-order valence-corrected chi connectivity index (χ0v) is 15.2. The van der Waals surface area contributed by atoms with Crippen LogP contribution in [0.3, 0.4) is 0 Å². The Morgan fingerprint density at radius 1 is 1.27 bits per heavy atom. The lowest BCUT2D eigenvalue weighted by Crippen LogP contribution is -2.31. The van der Waals surface area contributed by atoms with E-state index in [1.807, 2.05) is 6.92 Å². The summed E-state index contributed by atoms with van der Waals surface area (Å²) in [6.45, 7) is 3.37. The van der Waals surface area contributed by atoms with Crippen LogP contribution < -0.4 is 10.1 Å². The van der Waals surface area contributed by atoms with Gasteiger partial charge >= 0.3 is 0 Å². The molecule has 1 N–H and O–H groups in total. The summed E-state index contributed by atoms with van der Waals surface area (Å²) in [6, 6.07) is 10.4. The molecule has 0 bridgehead atoms. The molecule has 136 valence electrons. The predicted octanol–water partition coefficient (Wildman–Crippen LogP) is 2.78. The van der Waals surface area contributed by atoms with E-state index in [9.17, 15) is 9.59 Å². The van der Waals surface area contributed by atoms with Crippen molar-refractivity contribution in [2.24, 2.45) is 0 Å². The third-order valence-electron chi connectivity index (χ3n) is 4.17. The molecule has 1 unspecified atom stereocenters. The number of amides is 2. The molecule has 26 heavy (non-hydrogen) atoms. The van der Waals surface area contributed by atoms with Gasteiger partial charge in [0, 0.05) is 25.7 Å². The van der Waals surface area contributed by atoms with Crippen LogP contribution in [0.2, 0.25) is 5.02 Å². The summed E-state index contributed by atoms with van der Waals surface area (Å²) in [4.78, 5) is 30.6. The zero-order valence-electron chi connectivity index (χ0n) is 14.4. The Bertz CT molecular complexity index is 812. The quantitative estimate of drug-likeness (QED) is 0.874. The lowest BCUT2D eigenvalue weighted by atomic mass is 10.2. The number of hydrogen-bond acceptors (Lipinski definition) is 4. The number of ether oxygens (including phenoxy) is 1. The van der Waals surface area contributed by atoms with Crippen molar-refractivity contribution in [1.82, 2.24) is 15.2 Å². The van der Waals surface area contributed by atoms with Gasteiger partial charge in [0.1, 0.15) is 11.7 Å². The maximum atomic E-state index is 12.6. The second kappa shape index (κ2) is 8.19. The molecule has 2 heterocycles. The predicted molar refractivity (Wildman–Crippen MR) is 98.6 cm³/mol. The molecule has 3 rings (SSSR count). The highest BCUT2D eigenvalue weighted by molar-refractivity contribution is 6.33. The monoisotopic (exact) mass is 373 g/mol. The number of aromatic nitrogens is 1. The summed E-state index contributed by atoms with van der Waals surface area (Å²) >= 11 is 6.12. The molecule has 1 saturated heterocycles. The first-order valence-electron chi connectivity index (χ1n) is 8.53. The summed E-state index contributed by atoms with van der Waals surface area (Å²) in [5.41, 5.74) is 0.876. The normalized spacial score (nSPS) is 16.4. The second-order valence-corrected chi connectivity index (χ2v) is 6.38. The highest BCUT2D eigenvalue weighted by Gasteiger charge is 2.30. The fourth-order valence-electron chi connectivity index (χ4n) is 2.89. The van der Waals surface area contributed by atoms with Crippen molar-refractivity contribution in [3.05, 3.63) is 58.7 Å². The SMILES string of the molecule is CCNC(=O)c1cccnc1OC1CCN(C(=O)c2ccccc2Cl)C1. The van der Waals surface area contributed by atoms with E-state index in [0.29, 0.717) is 42.2 Å².